The van der Waals surface area contributed by atoms with Crippen molar-refractivity contribution in [2.24, 2.45) is 0 Å². The SMILES string of the molecule is O=C(COC(=O)c1ccccc1NC(=O)c1ccco1)Nc1ccc(Cl)cc1C(F)(F)F. The average molecular weight is 467 g/mol. The summed E-state index contributed by atoms with van der Waals surface area (Å²) in [6, 6.07) is 11.6. The predicted octanol–water partition coefficient (Wildman–Crippen LogP) is 5.00. The number of amides is 2. The quantitative estimate of drug-likeness (QED) is 0.498. The molecule has 11 heteroatoms. The van der Waals surface area contributed by atoms with Crippen molar-refractivity contribution in [2.45, 2.75) is 6.18 Å². The number of hydrogen-bond donors (Lipinski definition) is 2. The molecule has 32 heavy (non-hydrogen) atoms. The van der Waals surface area contributed by atoms with E-state index in [1.807, 2.05) is 5.32 Å². The Bertz CT molecular complexity index is 1150. The predicted molar refractivity (Wildman–Crippen MR) is 108 cm³/mol. The van der Waals surface area contributed by atoms with Crippen LogP contribution in [0.4, 0.5) is 24.5 Å². The zero-order chi connectivity index (χ0) is 23.3. The maximum Gasteiger partial charge on any atom is 0.418 e. The van der Waals surface area contributed by atoms with E-state index >= 15 is 0 Å². The van der Waals surface area contributed by atoms with E-state index in [0.717, 1.165) is 6.07 Å². The van der Waals surface area contributed by atoms with Gasteiger partial charge >= 0.3 is 12.1 Å². The van der Waals surface area contributed by atoms with Gasteiger partial charge in [-0.2, -0.15) is 13.2 Å². The fourth-order valence-electron chi connectivity index (χ4n) is 2.62. The second-order valence-electron chi connectivity index (χ2n) is 6.29. The summed E-state index contributed by atoms with van der Waals surface area (Å²) >= 11 is 5.60. The first-order chi connectivity index (χ1) is 15.1. The third-order valence-electron chi connectivity index (χ3n) is 4.04. The smallest absolute Gasteiger partial charge is 0.418 e. The molecule has 7 nitrogen and oxygen atoms in total. The molecule has 3 aromatic rings. The Hall–Kier alpha value is -3.79. The van der Waals surface area contributed by atoms with E-state index in [2.05, 4.69) is 5.32 Å². The van der Waals surface area contributed by atoms with E-state index < -0.39 is 41.8 Å². The van der Waals surface area contributed by atoms with Crippen molar-refractivity contribution in [3.05, 3.63) is 82.8 Å². The molecule has 0 bridgehead atoms. The van der Waals surface area contributed by atoms with Crippen molar-refractivity contribution in [2.75, 3.05) is 17.2 Å². The third kappa shape index (κ3) is 5.67. The normalized spacial score (nSPS) is 11.0. The Labute approximate surface area is 184 Å². The van der Waals surface area contributed by atoms with Crippen LogP contribution in [-0.4, -0.2) is 24.4 Å². The number of carbonyl (C=O) groups excluding carboxylic acids is 3. The van der Waals surface area contributed by atoms with Crippen LogP contribution in [-0.2, 0) is 15.7 Å². The van der Waals surface area contributed by atoms with Crippen molar-refractivity contribution in [3.8, 4) is 0 Å². The van der Waals surface area contributed by atoms with Gasteiger partial charge in [0.2, 0.25) is 0 Å². The molecule has 0 aliphatic heterocycles. The highest BCUT2D eigenvalue weighted by Crippen LogP contribution is 2.36. The Balaban J connectivity index is 1.66. The zero-order valence-electron chi connectivity index (χ0n) is 16.0. The van der Waals surface area contributed by atoms with Crippen molar-refractivity contribution in [3.63, 3.8) is 0 Å². The number of nitrogens with one attached hydrogen (secondary N) is 2. The summed E-state index contributed by atoms with van der Waals surface area (Å²) in [7, 11) is 0. The molecule has 3 rings (SSSR count). The summed E-state index contributed by atoms with van der Waals surface area (Å²) in [6.07, 6.45) is -3.45. The van der Waals surface area contributed by atoms with Crippen LogP contribution >= 0.6 is 11.6 Å². The first kappa shape index (κ1) is 22.9. The minimum Gasteiger partial charge on any atom is -0.459 e. The van der Waals surface area contributed by atoms with Gasteiger partial charge in [0.15, 0.2) is 12.4 Å². The van der Waals surface area contributed by atoms with E-state index in [9.17, 15) is 27.6 Å². The maximum atomic E-state index is 13.1. The van der Waals surface area contributed by atoms with Gasteiger partial charge in [-0.1, -0.05) is 23.7 Å². The molecule has 1 aromatic heterocycles. The van der Waals surface area contributed by atoms with Crippen LogP contribution in [0.15, 0.2) is 65.3 Å². The van der Waals surface area contributed by atoms with Crippen LogP contribution in [0.2, 0.25) is 5.02 Å². The largest absolute Gasteiger partial charge is 0.459 e. The minimum atomic E-state index is -4.75. The highest BCUT2D eigenvalue weighted by atomic mass is 35.5. The van der Waals surface area contributed by atoms with Gasteiger partial charge in [0, 0.05) is 5.02 Å². The topological polar surface area (TPSA) is 97.6 Å². The van der Waals surface area contributed by atoms with Crippen LogP contribution in [0.3, 0.4) is 0 Å². The molecule has 0 aliphatic rings. The number of ether oxygens (including phenoxy) is 1. The molecule has 0 spiro atoms. The van der Waals surface area contributed by atoms with E-state index in [-0.39, 0.29) is 22.0 Å². The minimum absolute atomic E-state index is 0.0102. The van der Waals surface area contributed by atoms with E-state index in [1.54, 1.807) is 6.07 Å². The molecule has 0 unspecified atom stereocenters. The van der Waals surface area contributed by atoms with Crippen LogP contribution < -0.4 is 10.6 Å². The lowest BCUT2D eigenvalue weighted by molar-refractivity contribution is -0.137. The van der Waals surface area contributed by atoms with Gasteiger partial charge in [-0.05, 0) is 42.5 Å². The molecular formula is C21H14ClF3N2O5. The van der Waals surface area contributed by atoms with Gasteiger partial charge in [-0.15, -0.1) is 0 Å². The number of furan rings is 1. The summed E-state index contributed by atoms with van der Waals surface area (Å²) in [6.45, 7) is -0.862. The number of esters is 1. The third-order valence-corrected chi connectivity index (χ3v) is 4.27. The number of hydrogen-bond acceptors (Lipinski definition) is 5. The molecule has 0 fully saturated rings. The van der Waals surface area contributed by atoms with Crippen molar-refractivity contribution < 1.29 is 36.7 Å². The van der Waals surface area contributed by atoms with Gasteiger partial charge in [0.1, 0.15) is 0 Å². The lowest BCUT2D eigenvalue weighted by Crippen LogP contribution is -2.23. The van der Waals surface area contributed by atoms with Crippen LogP contribution in [0, 0.1) is 0 Å². The van der Waals surface area contributed by atoms with Crippen LogP contribution in [0.25, 0.3) is 0 Å². The lowest BCUT2D eigenvalue weighted by atomic mass is 10.1. The fraction of sp³-hybridized carbons (Fsp3) is 0.0952. The zero-order valence-corrected chi connectivity index (χ0v) is 16.8. The number of carbonyl (C=O) groups is 3. The summed E-state index contributed by atoms with van der Waals surface area (Å²) in [4.78, 5) is 36.6. The number of benzene rings is 2. The number of rotatable bonds is 6. The molecule has 2 N–H and O–H groups in total. The van der Waals surface area contributed by atoms with Crippen LogP contribution in [0.5, 0.6) is 0 Å². The highest BCUT2D eigenvalue weighted by molar-refractivity contribution is 6.30. The molecule has 0 radical (unpaired) electrons. The number of para-hydroxylation sites is 1. The first-order valence-electron chi connectivity index (χ1n) is 8.93. The van der Waals surface area contributed by atoms with Crippen molar-refractivity contribution in [1.29, 1.82) is 0 Å². The monoisotopic (exact) mass is 466 g/mol. The van der Waals surface area contributed by atoms with E-state index in [4.69, 9.17) is 20.8 Å². The molecule has 1 heterocycles. The average Bonchev–Trinajstić information content (AvgIpc) is 3.28. The Kier molecular flexibility index (Phi) is 6.84. The van der Waals surface area contributed by atoms with Gasteiger partial charge in [-0.25, -0.2) is 4.79 Å². The van der Waals surface area contributed by atoms with Gasteiger partial charge in [0.05, 0.1) is 28.8 Å². The van der Waals surface area contributed by atoms with Gasteiger partial charge in [0.25, 0.3) is 11.8 Å². The molecule has 0 aliphatic carbocycles. The molecule has 166 valence electrons. The number of anilines is 2. The second-order valence-corrected chi connectivity index (χ2v) is 6.73. The maximum absolute atomic E-state index is 13.1. The summed E-state index contributed by atoms with van der Waals surface area (Å²) in [5.74, 6) is -2.57. The molecular weight excluding hydrogens is 453 g/mol. The van der Waals surface area contributed by atoms with Crippen molar-refractivity contribution >= 4 is 40.8 Å². The molecule has 0 saturated heterocycles. The van der Waals surface area contributed by atoms with Crippen molar-refractivity contribution in [1.82, 2.24) is 0 Å². The fourth-order valence-corrected chi connectivity index (χ4v) is 2.79. The Morgan fingerprint density at radius 3 is 2.41 bits per heavy atom. The molecule has 0 atom stereocenters. The second kappa shape index (κ2) is 9.56. The summed E-state index contributed by atoms with van der Waals surface area (Å²) < 4.78 is 49.3. The highest BCUT2D eigenvalue weighted by Gasteiger charge is 2.34. The van der Waals surface area contributed by atoms with Gasteiger partial charge < -0.3 is 19.8 Å². The summed E-state index contributed by atoms with van der Waals surface area (Å²) in [5.41, 5.74) is -1.65. The Morgan fingerprint density at radius 1 is 0.969 bits per heavy atom. The number of halogens is 4. The first-order valence-corrected chi connectivity index (χ1v) is 9.30. The lowest BCUT2D eigenvalue weighted by Gasteiger charge is -2.14. The Morgan fingerprint density at radius 2 is 1.72 bits per heavy atom. The standard InChI is InChI=1S/C21H14ClF3N2O5/c22-12-7-8-16(14(10-12)21(23,24)25)26-18(28)11-32-20(30)13-4-1-2-5-15(13)27-19(29)17-6-3-9-31-17/h1-10H,11H2,(H,26,28)(H,27,29). The van der Waals surface area contributed by atoms with E-state index in [0.29, 0.717) is 6.07 Å². The molecule has 2 aromatic carbocycles. The van der Waals surface area contributed by atoms with Gasteiger partial charge in [-0.3, -0.25) is 9.59 Å². The van der Waals surface area contributed by atoms with Crippen LogP contribution in [0.1, 0.15) is 26.5 Å². The molecule has 2 amide bonds. The molecule has 0 saturated carbocycles. The summed E-state index contributed by atoms with van der Waals surface area (Å²) in [5, 5.41) is 4.36. The number of alkyl halides is 3. The van der Waals surface area contributed by atoms with E-state index in [1.165, 1.54) is 42.7 Å².